The quantitative estimate of drug-likeness (QED) is 0.382. The first kappa shape index (κ1) is 33.0. The molecule has 0 unspecified atom stereocenters. The fraction of sp³-hybridized carbons (Fsp3) is 0.636. The fourth-order valence-electron chi connectivity index (χ4n) is 6.19. The molecule has 10 heteroatoms. The Morgan fingerprint density at radius 3 is 2.56 bits per heavy atom. The third-order valence-corrected chi connectivity index (χ3v) is 8.92. The van der Waals surface area contributed by atoms with Crippen molar-refractivity contribution >= 4 is 23.8 Å². The number of aliphatic hydroxyl groups excluding tert-OH is 2. The Hall–Kier alpha value is -2.95. The standard InChI is InChI=1S/C33H48FN3O6/c1-22-7-9-29(39)20-31(40)43-32(23(2)8-10-30(22)42-33(41)36-14-12-35(4)13-15-36)24(3)16-25-17-26(34)19-28(18-25)37-11-5-6-27(37)21-38/h8,10,16-19,22-23,27,29-30,32,38-39H,5-7,9,11-15,20-21H2,1-4H3/b10-8-,24-16+/t22-,23-,27+,29+,30-,32-/m0/s1. The van der Waals surface area contributed by atoms with Gasteiger partial charge >= 0.3 is 12.1 Å². The SMILES string of the molecule is C/C(=C\c1cc(F)cc(N2CCC[C@@H]2CO)c1)[C@H]1OC(=O)C[C@H](O)CC[C@H](C)[C@@H](OC(=O)N2CCN(C)CC2)/C=C\[C@@H]1C. The second-order valence-electron chi connectivity index (χ2n) is 12.5. The molecule has 1 aromatic rings. The van der Waals surface area contributed by atoms with E-state index in [1.165, 1.54) is 12.1 Å². The molecule has 0 bridgehead atoms. The molecule has 3 aliphatic rings. The van der Waals surface area contributed by atoms with Crippen molar-refractivity contribution in [3.63, 3.8) is 0 Å². The maximum atomic E-state index is 14.7. The number of nitrogens with zero attached hydrogens (tertiary/aromatic N) is 3. The average molecular weight is 602 g/mol. The van der Waals surface area contributed by atoms with E-state index in [0.29, 0.717) is 42.8 Å². The zero-order valence-corrected chi connectivity index (χ0v) is 26.0. The number of piperazine rings is 1. The molecule has 2 N–H and O–H groups in total. The van der Waals surface area contributed by atoms with Gasteiger partial charge in [0.2, 0.25) is 0 Å². The monoisotopic (exact) mass is 601 g/mol. The van der Waals surface area contributed by atoms with E-state index in [4.69, 9.17) is 9.47 Å². The molecule has 0 aromatic heterocycles. The van der Waals surface area contributed by atoms with Crippen molar-refractivity contribution in [3.05, 3.63) is 47.3 Å². The van der Waals surface area contributed by atoms with Crippen LogP contribution in [0, 0.1) is 17.7 Å². The maximum Gasteiger partial charge on any atom is 0.410 e. The molecule has 0 spiro atoms. The largest absolute Gasteiger partial charge is 0.457 e. The number of carbonyl (C=O) groups excluding carboxylic acids is 2. The van der Waals surface area contributed by atoms with E-state index in [1.807, 2.05) is 57.0 Å². The van der Waals surface area contributed by atoms with E-state index in [9.17, 15) is 24.2 Å². The molecule has 2 fully saturated rings. The van der Waals surface area contributed by atoms with Gasteiger partial charge in [0.1, 0.15) is 18.0 Å². The molecule has 6 atom stereocenters. The van der Waals surface area contributed by atoms with Crippen molar-refractivity contribution < 1.29 is 33.7 Å². The Balaban J connectivity index is 1.57. The highest BCUT2D eigenvalue weighted by Gasteiger charge is 2.29. The number of halogens is 1. The van der Waals surface area contributed by atoms with Gasteiger partial charge in [-0.15, -0.1) is 0 Å². The summed E-state index contributed by atoms with van der Waals surface area (Å²) in [5.41, 5.74) is 2.05. The van der Waals surface area contributed by atoms with Crippen LogP contribution in [0.5, 0.6) is 0 Å². The van der Waals surface area contributed by atoms with E-state index >= 15 is 0 Å². The first-order valence-corrected chi connectivity index (χ1v) is 15.6. The van der Waals surface area contributed by atoms with Gasteiger partial charge in [0, 0.05) is 44.3 Å². The normalized spacial score (nSPS) is 30.8. The summed E-state index contributed by atoms with van der Waals surface area (Å²) in [4.78, 5) is 31.8. The molecule has 3 aliphatic heterocycles. The molecule has 3 heterocycles. The number of rotatable bonds is 5. The third kappa shape index (κ3) is 9.03. The van der Waals surface area contributed by atoms with E-state index in [-0.39, 0.29) is 42.8 Å². The summed E-state index contributed by atoms with van der Waals surface area (Å²) < 4.78 is 26.6. The summed E-state index contributed by atoms with van der Waals surface area (Å²) in [7, 11) is 2.03. The van der Waals surface area contributed by atoms with Crippen molar-refractivity contribution in [2.24, 2.45) is 11.8 Å². The van der Waals surface area contributed by atoms with Crippen LogP contribution in [0.15, 0.2) is 35.9 Å². The predicted octanol–water partition coefficient (Wildman–Crippen LogP) is 4.23. The Morgan fingerprint density at radius 2 is 1.84 bits per heavy atom. The lowest BCUT2D eigenvalue weighted by molar-refractivity contribution is -0.151. The number of esters is 1. The van der Waals surface area contributed by atoms with Crippen LogP contribution in [0.4, 0.5) is 14.9 Å². The molecule has 2 saturated heterocycles. The highest BCUT2D eigenvalue weighted by atomic mass is 19.1. The fourth-order valence-corrected chi connectivity index (χ4v) is 6.19. The van der Waals surface area contributed by atoms with Crippen LogP contribution < -0.4 is 4.90 Å². The molecule has 0 radical (unpaired) electrons. The summed E-state index contributed by atoms with van der Waals surface area (Å²) >= 11 is 0. The molecule has 9 nitrogen and oxygen atoms in total. The van der Waals surface area contributed by atoms with E-state index in [0.717, 1.165) is 32.5 Å². The summed E-state index contributed by atoms with van der Waals surface area (Å²) in [5.74, 6) is -1.25. The van der Waals surface area contributed by atoms with Crippen LogP contribution in [0.25, 0.3) is 6.08 Å². The molecule has 1 aromatic carbocycles. The van der Waals surface area contributed by atoms with Crippen LogP contribution in [0.1, 0.15) is 58.4 Å². The Bertz CT molecular complexity index is 1170. The van der Waals surface area contributed by atoms with E-state index < -0.39 is 24.3 Å². The number of anilines is 1. The van der Waals surface area contributed by atoms with Crippen LogP contribution >= 0.6 is 0 Å². The Labute approximate surface area is 254 Å². The number of hydrogen-bond acceptors (Lipinski definition) is 8. The van der Waals surface area contributed by atoms with Crippen molar-refractivity contribution in [1.82, 2.24) is 9.80 Å². The van der Waals surface area contributed by atoms with Crippen molar-refractivity contribution in [2.75, 3.05) is 51.3 Å². The summed E-state index contributed by atoms with van der Waals surface area (Å²) in [6, 6.07) is 4.77. The van der Waals surface area contributed by atoms with E-state index in [1.54, 1.807) is 4.90 Å². The van der Waals surface area contributed by atoms with Gasteiger partial charge in [-0.1, -0.05) is 26.0 Å². The smallest absolute Gasteiger partial charge is 0.410 e. The maximum absolute atomic E-state index is 14.7. The van der Waals surface area contributed by atoms with Crippen molar-refractivity contribution in [3.8, 4) is 0 Å². The Morgan fingerprint density at radius 1 is 1.09 bits per heavy atom. The number of cyclic esters (lactones) is 1. The minimum absolute atomic E-state index is 0.0126. The van der Waals surface area contributed by atoms with Gasteiger partial charge in [-0.05, 0) is 81.0 Å². The zero-order chi connectivity index (χ0) is 31.1. The van der Waals surface area contributed by atoms with Gasteiger partial charge < -0.3 is 34.4 Å². The topological polar surface area (TPSA) is 103 Å². The van der Waals surface area contributed by atoms with Gasteiger partial charge in [0.05, 0.1) is 25.2 Å². The molecule has 0 saturated carbocycles. The zero-order valence-electron chi connectivity index (χ0n) is 26.0. The molecule has 43 heavy (non-hydrogen) atoms. The molecule has 4 rings (SSSR count). The lowest BCUT2D eigenvalue weighted by Gasteiger charge is -2.33. The second-order valence-corrected chi connectivity index (χ2v) is 12.5. The van der Waals surface area contributed by atoms with Gasteiger partial charge in [-0.3, -0.25) is 4.79 Å². The van der Waals surface area contributed by atoms with Crippen molar-refractivity contribution in [1.29, 1.82) is 0 Å². The van der Waals surface area contributed by atoms with Gasteiger partial charge in [0.25, 0.3) is 0 Å². The number of ether oxygens (including phenoxy) is 2. The van der Waals surface area contributed by atoms with Gasteiger partial charge in [0.15, 0.2) is 0 Å². The minimum Gasteiger partial charge on any atom is -0.457 e. The molecule has 238 valence electrons. The first-order valence-electron chi connectivity index (χ1n) is 15.6. The molecular weight excluding hydrogens is 553 g/mol. The highest BCUT2D eigenvalue weighted by Crippen LogP contribution is 2.30. The first-order chi connectivity index (χ1) is 20.5. The summed E-state index contributed by atoms with van der Waals surface area (Å²) in [6.07, 6.45) is 5.79. The predicted molar refractivity (Wildman–Crippen MR) is 164 cm³/mol. The van der Waals surface area contributed by atoms with Crippen LogP contribution in [0.3, 0.4) is 0 Å². The van der Waals surface area contributed by atoms with Crippen molar-refractivity contribution in [2.45, 2.75) is 77.2 Å². The molecule has 1 amide bonds. The second kappa shape index (κ2) is 15.2. The molecular formula is C33H48FN3O6. The molecule has 0 aliphatic carbocycles. The summed E-state index contributed by atoms with van der Waals surface area (Å²) in [5, 5.41) is 20.4. The number of benzene rings is 1. The number of likely N-dealkylation sites (N-methyl/N-ethyl adjacent to an activating group) is 1. The number of carbonyl (C=O) groups is 2. The highest BCUT2D eigenvalue weighted by molar-refractivity contribution is 5.71. The van der Waals surface area contributed by atoms with E-state index in [2.05, 4.69) is 4.90 Å². The van der Waals surface area contributed by atoms with Gasteiger partial charge in [-0.25, -0.2) is 9.18 Å². The van der Waals surface area contributed by atoms with Gasteiger partial charge in [-0.2, -0.15) is 0 Å². The third-order valence-electron chi connectivity index (χ3n) is 8.92. The number of hydrogen-bond donors (Lipinski definition) is 2. The van der Waals surface area contributed by atoms with Crippen LogP contribution in [-0.2, 0) is 14.3 Å². The Kier molecular flexibility index (Phi) is 11.6. The average Bonchev–Trinajstić information content (AvgIpc) is 3.45. The summed E-state index contributed by atoms with van der Waals surface area (Å²) in [6.45, 7) is 9.31. The number of amides is 1. The van der Waals surface area contributed by atoms with Crippen LogP contribution in [0.2, 0.25) is 0 Å². The number of aliphatic hydroxyl groups is 2. The van der Waals surface area contributed by atoms with Crippen LogP contribution in [-0.4, -0.2) is 103 Å². The lowest BCUT2D eigenvalue weighted by Crippen LogP contribution is -2.48. The lowest BCUT2D eigenvalue weighted by atomic mass is 9.91. The minimum atomic E-state index is -0.877.